The Morgan fingerprint density at radius 1 is 1.43 bits per heavy atom. The minimum absolute atomic E-state index is 0.111. The standard InChI is InChI=1S/C17H24FNO2/c1-12(2)9-16(20)19-10-15(21-11-17(19,3)4)13-7-5-6-8-14(13)18/h5-8,12,15H,9-11H2,1-4H3. The summed E-state index contributed by atoms with van der Waals surface area (Å²) in [7, 11) is 0. The first-order valence-corrected chi connectivity index (χ1v) is 7.48. The van der Waals surface area contributed by atoms with Crippen LogP contribution in [0.5, 0.6) is 0 Å². The Balaban J connectivity index is 2.19. The van der Waals surface area contributed by atoms with Crippen LogP contribution in [0.1, 0.15) is 45.8 Å². The summed E-state index contributed by atoms with van der Waals surface area (Å²) in [5.74, 6) is 0.140. The molecule has 0 spiro atoms. The number of halogens is 1. The third-order valence-corrected chi connectivity index (χ3v) is 3.85. The van der Waals surface area contributed by atoms with Gasteiger partial charge in [0.1, 0.15) is 11.9 Å². The van der Waals surface area contributed by atoms with Crippen molar-refractivity contribution in [2.45, 2.75) is 45.8 Å². The molecular weight excluding hydrogens is 269 g/mol. The van der Waals surface area contributed by atoms with Crippen LogP contribution < -0.4 is 0 Å². The molecule has 1 fully saturated rings. The van der Waals surface area contributed by atoms with Crippen molar-refractivity contribution in [2.24, 2.45) is 5.92 Å². The fourth-order valence-corrected chi connectivity index (χ4v) is 2.67. The van der Waals surface area contributed by atoms with E-state index in [-0.39, 0.29) is 17.3 Å². The lowest BCUT2D eigenvalue weighted by Gasteiger charge is -2.45. The molecule has 21 heavy (non-hydrogen) atoms. The number of nitrogens with zero attached hydrogens (tertiary/aromatic N) is 1. The van der Waals surface area contributed by atoms with Gasteiger partial charge in [0.2, 0.25) is 5.91 Å². The smallest absolute Gasteiger partial charge is 0.223 e. The van der Waals surface area contributed by atoms with Crippen molar-refractivity contribution >= 4 is 5.91 Å². The molecule has 1 heterocycles. The van der Waals surface area contributed by atoms with Crippen LogP contribution in [0, 0.1) is 11.7 Å². The summed E-state index contributed by atoms with van der Waals surface area (Å²) in [5.41, 5.74) is 0.170. The van der Waals surface area contributed by atoms with Gasteiger partial charge < -0.3 is 9.64 Å². The summed E-state index contributed by atoms with van der Waals surface area (Å²) < 4.78 is 19.7. The van der Waals surface area contributed by atoms with Crippen LogP contribution in [-0.4, -0.2) is 29.5 Å². The maximum Gasteiger partial charge on any atom is 0.223 e. The molecule has 1 aliphatic heterocycles. The van der Waals surface area contributed by atoms with Crippen molar-refractivity contribution in [3.8, 4) is 0 Å². The highest BCUT2D eigenvalue weighted by molar-refractivity contribution is 5.77. The molecule has 0 aliphatic carbocycles. The van der Waals surface area contributed by atoms with Crippen LogP contribution in [-0.2, 0) is 9.53 Å². The first kappa shape index (κ1) is 16.0. The zero-order valence-corrected chi connectivity index (χ0v) is 13.2. The Labute approximate surface area is 126 Å². The van der Waals surface area contributed by atoms with E-state index in [9.17, 15) is 9.18 Å². The van der Waals surface area contributed by atoms with Gasteiger partial charge in [0.25, 0.3) is 0 Å². The summed E-state index contributed by atoms with van der Waals surface area (Å²) in [4.78, 5) is 14.3. The van der Waals surface area contributed by atoms with E-state index in [4.69, 9.17) is 4.74 Å². The summed E-state index contributed by atoms with van der Waals surface area (Å²) in [6.45, 7) is 8.85. The van der Waals surface area contributed by atoms with Crippen LogP contribution in [0.3, 0.4) is 0 Å². The monoisotopic (exact) mass is 293 g/mol. The molecule has 1 aliphatic rings. The van der Waals surface area contributed by atoms with Crippen LogP contribution in [0.25, 0.3) is 0 Å². The van der Waals surface area contributed by atoms with E-state index in [2.05, 4.69) is 0 Å². The van der Waals surface area contributed by atoms with Gasteiger partial charge in [-0.1, -0.05) is 32.0 Å². The average molecular weight is 293 g/mol. The Hall–Kier alpha value is -1.42. The Morgan fingerprint density at radius 3 is 2.71 bits per heavy atom. The number of amides is 1. The number of morpholine rings is 1. The van der Waals surface area contributed by atoms with Gasteiger partial charge in [-0.05, 0) is 25.8 Å². The molecule has 0 aromatic heterocycles. The SMILES string of the molecule is CC(C)CC(=O)N1CC(c2ccccc2F)OCC1(C)C. The highest BCUT2D eigenvalue weighted by Gasteiger charge is 2.39. The van der Waals surface area contributed by atoms with Gasteiger partial charge in [0, 0.05) is 12.0 Å². The number of rotatable bonds is 3. The van der Waals surface area contributed by atoms with Gasteiger partial charge in [-0.15, -0.1) is 0 Å². The van der Waals surface area contributed by atoms with E-state index in [1.807, 2.05) is 32.6 Å². The van der Waals surface area contributed by atoms with Gasteiger partial charge in [0.15, 0.2) is 0 Å². The number of ether oxygens (including phenoxy) is 1. The topological polar surface area (TPSA) is 29.5 Å². The van der Waals surface area contributed by atoms with Crippen molar-refractivity contribution < 1.29 is 13.9 Å². The number of carbonyl (C=O) groups excluding carboxylic acids is 1. The molecule has 1 atom stereocenters. The quantitative estimate of drug-likeness (QED) is 0.853. The normalized spacial score (nSPS) is 21.6. The Bertz CT molecular complexity index is 513. The van der Waals surface area contributed by atoms with Gasteiger partial charge in [-0.25, -0.2) is 4.39 Å². The molecule has 1 unspecified atom stereocenters. The van der Waals surface area contributed by atoms with E-state index < -0.39 is 6.10 Å². The summed E-state index contributed by atoms with van der Waals surface area (Å²) >= 11 is 0. The molecule has 0 saturated carbocycles. The van der Waals surface area contributed by atoms with E-state index in [0.717, 1.165) is 0 Å². The van der Waals surface area contributed by atoms with E-state index in [1.54, 1.807) is 18.2 Å². The van der Waals surface area contributed by atoms with Crippen molar-refractivity contribution in [1.82, 2.24) is 4.90 Å². The maximum absolute atomic E-state index is 13.9. The second kappa shape index (κ2) is 6.14. The second-order valence-corrected chi connectivity index (χ2v) is 6.74. The summed E-state index contributed by atoms with van der Waals surface area (Å²) in [5, 5.41) is 0. The first-order chi connectivity index (χ1) is 9.81. The molecule has 0 N–H and O–H groups in total. The molecule has 1 aromatic carbocycles. The highest BCUT2D eigenvalue weighted by Crippen LogP contribution is 2.32. The molecular formula is C17H24FNO2. The predicted molar refractivity (Wildman–Crippen MR) is 80.3 cm³/mol. The third kappa shape index (κ3) is 3.62. The second-order valence-electron chi connectivity index (χ2n) is 6.74. The number of carbonyl (C=O) groups is 1. The maximum atomic E-state index is 13.9. The number of benzene rings is 1. The molecule has 116 valence electrons. The Kier molecular flexibility index (Phi) is 4.67. The zero-order valence-electron chi connectivity index (χ0n) is 13.2. The predicted octanol–water partition coefficient (Wildman–Crippen LogP) is 3.55. The van der Waals surface area contributed by atoms with Crippen molar-refractivity contribution in [3.05, 3.63) is 35.6 Å². The fraction of sp³-hybridized carbons (Fsp3) is 0.588. The largest absolute Gasteiger partial charge is 0.369 e. The highest BCUT2D eigenvalue weighted by atomic mass is 19.1. The summed E-state index contributed by atoms with van der Waals surface area (Å²) in [6.07, 6.45) is 0.114. The molecule has 3 nitrogen and oxygen atoms in total. The molecule has 0 bridgehead atoms. The first-order valence-electron chi connectivity index (χ1n) is 7.48. The lowest BCUT2D eigenvalue weighted by atomic mass is 9.96. The van der Waals surface area contributed by atoms with Gasteiger partial charge in [-0.3, -0.25) is 4.79 Å². The van der Waals surface area contributed by atoms with Crippen LogP contribution in [0.2, 0.25) is 0 Å². The van der Waals surface area contributed by atoms with Crippen molar-refractivity contribution in [1.29, 1.82) is 0 Å². The molecule has 2 rings (SSSR count). The van der Waals surface area contributed by atoms with Gasteiger partial charge >= 0.3 is 0 Å². The lowest BCUT2D eigenvalue weighted by molar-refractivity contribution is -0.155. The lowest BCUT2D eigenvalue weighted by Crippen LogP contribution is -2.56. The van der Waals surface area contributed by atoms with Crippen LogP contribution in [0.15, 0.2) is 24.3 Å². The minimum Gasteiger partial charge on any atom is -0.369 e. The fourth-order valence-electron chi connectivity index (χ4n) is 2.67. The minimum atomic E-state index is -0.393. The number of hydrogen-bond acceptors (Lipinski definition) is 2. The molecule has 4 heteroatoms. The average Bonchev–Trinajstić information content (AvgIpc) is 2.38. The third-order valence-electron chi connectivity index (χ3n) is 3.85. The van der Waals surface area contributed by atoms with E-state index in [1.165, 1.54) is 6.07 Å². The van der Waals surface area contributed by atoms with Gasteiger partial charge in [0.05, 0.1) is 18.7 Å². The van der Waals surface area contributed by atoms with Crippen molar-refractivity contribution in [3.63, 3.8) is 0 Å². The molecule has 0 radical (unpaired) electrons. The van der Waals surface area contributed by atoms with E-state index in [0.29, 0.717) is 31.1 Å². The zero-order chi connectivity index (χ0) is 15.6. The van der Waals surface area contributed by atoms with Gasteiger partial charge in [-0.2, -0.15) is 0 Å². The number of hydrogen-bond donors (Lipinski definition) is 0. The van der Waals surface area contributed by atoms with Crippen LogP contribution >= 0.6 is 0 Å². The summed E-state index contributed by atoms with van der Waals surface area (Å²) in [6, 6.07) is 6.61. The molecule has 1 saturated heterocycles. The molecule has 1 aromatic rings. The van der Waals surface area contributed by atoms with Crippen molar-refractivity contribution in [2.75, 3.05) is 13.2 Å². The molecule has 1 amide bonds. The Morgan fingerprint density at radius 2 is 2.10 bits per heavy atom. The van der Waals surface area contributed by atoms with Crippen LogP contribution in [0.4, 0.5) is 4.39 Å². The van der Waals surface area contributed by atoms with E-state index >= 15 is 0 Å².